The van der Waals surface area contributed by atoms with Crippen molar-refractivity contribution in [2.75, 3.05) is 13.2 Å². The Labute approximate surface area is 338 Å². The normalized spacial score (nSPS) is 11.0. The molecule has 0 spiro atoms. The van der Waals surface area contributed by atoms with Crippen molar-refractivity contribution in [3.63, 3.8) is 0 Å². The van der Waals surface area contributed by atoms with Crippen molar-refractivity contribution in [3.8, 4) is 11.5 Å². The molecule has 54 heavy (non-hydrogen) atoms. The third-order valence-corrected chi connectivity index (χ3v) is 12.1. The van der Waals surface area contributed by atoms with Gasteiger partial charge in [0.1, 0.15) is 24.7 Å². The van der Waals surface area contributed by atoms with Crippen LogP contribution in [0.15, 0.2) is 172 Å². The van der Waals surface area contributed by atoms with Gasteiger partial charge in [-0.1, -0.05) is 36.4 Å². The van der Waals surface area contributed by atoms with Crippen molar-refractivity contribution in [2.24, 2.45) is 0 Å². The van der Waals surface area contributed by atoms with Crippen molar-refractivity contribution in [3.05, 3.63) is 180 Å². The average molecular weight is 991 g/mol. The molecule has 6 aromatic rings. The molecule has 0 fully saturated rings. The first-order valence-electron chi connectivity index (χ1n) is 16.2. The number of ether oxygens (including phenoxy) is 1. The first-order chi connectivity index (χ1) is 25.7. The number of benzene rings is 6. The van der Waals surface area contributed by atoms with Gasteiger partial charge in [-0.2, -0.15) is 0 Å². The van der Waals surface area contributed by atoms with E-state index >= 15 is 0 Å². The van der Waals surface area contributed by atoms with E-state index in [9.17, 15) is 26.3 Å². The summed E-state index contributed by atoms with van der Waals surface area (Å²) in [5, 5.41) is 15.3. The number of halogens is 8. The molecule has 286 valence electrons. The molecule has 0 amide bonds. The summed E-state index contributed by atoms with van der Waals surface area (Å²) in [7, 11) is -0.129. The molecule has 0 aliphatic rings. The predicted octanol–water partition coefficient (Wildman–Crippen LogP) is 8.54. The van der Waals surface area contributed by atoms with Crippen molar-refractivity contribution < 1.29 is 62.5 Å². The van der Waals surface area contributed by atoms with Crippen LogP contribution in [0.5, 0.6) is 11.5 Å². The SMILES string of the molecule is CC(F)(F)CO.CC(F)(F)CO.Fc1ccc([I-]c2ccc(F)cc2)cc1.Ic1ccc(Oc2ccc([S+](c3ccccc3)c3ccccc3)cc2)cc1. The van der Waals surface area contributed by atoms with Gasteiger partial charge in [0.15, 0.2) is 14.7 Å². The van der Waals surface area contributed by atoms with Crippen LogP contribution < -0.4 is 25.9 Å². The van der Waals surface area contributed by atoms with Crippen LogP contribution in [0, 0.1) is 22.3 Å². The average Bonchev–Trinajstić information content (AvgIpc) is 3.16. The zero-order valence-electron chi connectivity index (χ0n) is 29.2. The maximum atomic E-state index is 12.6. The van der Waals surface area contributed by atoms with Gasteiger partial charge in [-0.25, -0.2) is 17.6 Å². The molecular formula is C42H38F6I2O3S. The fourth-order valence-electron chi connectivity index (χ4n) is 3.91. The topological polar surface area (TPSA) is 49.7 Å². The number of alkyl halides is 4. The van der Waals surface area contributed by atoms with Gasteiger partial charge in [-0.3, -0.25) is 0 Å². The molecule has 2 N–H and O–H groups in total. The number of rotatable bonds is 9. The van der Waals surface area contributed by atoms with Crippen LogP contribution in [0.4, 0.5) is 26.3 Å². The summed E-state index contributed by atoms with van der Waals surface area (Å²) in [5.41, 5.74) is 0. The van der Waals surface area contributed by atoms with Crippen LogP contribution in [0.25, 0.3) is 0 Å². The zero-order chi connectivity index (χ0) is 39.6. The summed E-state index contributed by atoms with van der Waals surface area (Å²) in [4.78, 5) is 3.91. The van der Waals surface area contributed by atoms with Crippen molar-refractivity contribution in [1.82, 2.24) is 0 Å². The summed E-state index contributed by atoms with van der Waals surface area (Å²) < 4.78 is 79.5. The summed E-state index contributed by atoms with van der Waals surface area (Å²) >= 11 is 1.97. The minimum atomic E-state index is -2.90. The van der Waals surface area contributed by atoms with Gasteiger partial charge in [0.2, 0.25) is 0 Å². The number of hydrogen-bond acceptors (Lipinski definition) is 3. The maximum absolute atomic E-state index is 12.6. The Balaban J connectivity index is 0.000000242. The number of aliphatic hydroxyl groups is 2. The van der Waals surface area contributed by atoms with E-state index < -0.39 is 25.1 Å². The quantitative estimate of drug-likeness (QED) is 0.0869. The van der Waals surface area contributed by atoms with Crippen molar-refractivity contribution >= 4 is 33.5 Å². The zero-order valence-corrected chi connectivity index (χ0v) is 34.3. The molecule has 0 aliphatic heterocycles. The molecule has 0 bridgehead atoms. The van der Waals surface area contributed by atoms with E-state index in [-0.39, 0.29) is 43.7 Å². The van der Waals surface area contributed by atoms with Crippen LogP contribution in [0.3, 0.4) is 0 Å². The standard InChI is InChI=1S/C24H18IOS.C12H8F2I.2C3H6F2O/c25-19-11-13-20(14-12-19)26-21-15-17-24(18-16-21)27(22-7-3-1-4-8-22)23-9-5-2-6-10-23;13-9-1-5-11(6-2-9)15-12-7-3-10(14)4-8-12;2*1-3(4,5)2-6/h1-18H;1-8H;2*6H,2H2,1H3/q+1;-1;;. The minimum Gasteiger partial charge on any atom is -0.457 e. The van der Waals surface area contributed by atoms with Crippen molar-refractivity contribution in [1.29, 1.82) is 0 Å². The van der Waals surface area contributed by atoms with Crippen LogP contribution in [-0.2, 0) is 10.9 Å². The van der Waals surface area contributed by atoms with E-state index in [1.807, 2.05) is 24.3 Å². The van der Waals surface area contributed by atoms with Gasteiger partial charge in [0.25, 0.3) is 11.8 Å². The maximum Gasteiger partial charge on any atom is 0.166 e. The van der Waals surface area contributed by atoms with Crippen LogP contribution >= 0.6 is 22.6 Å². The molecule has 0 atom stereocenters. The molecule has 0 unspecified atom stereocenters. The third-order valence-electron chi connectivity index (χ3n) is 6.45. The Kier molecular flexibility index (Phi) is 18.9. The Bertz CT molecular complexity index is 1810. The van der Waals surface area contributed by atoms with Gasteiger partial charge >= 0.3 is 97.3 Å². The Hall–Kier alpha value is -3.57. The fraction of sp³-hybridized carbons (Fsp3) is 0.143. The van der Waals surface area contributed by atoms with E-state index in [1.165, 1.54) is 42.5 Å². The summed E-state index contributed by atoms with van der Waals surface area (Å²) in [6, 6.07) is 50.8. The second-order valence-corrected chi connectivity index (χ2v) is 17.7. The Morgan fingerprint density at radius 2 is 0.833 bits per heavy atom. The molecule has 6 aromatic carbocycles. The Morgan fingerprint density at radius 1 is 0.519 bits per heavy atom. The van der Waals surface area contributed by atoms with Gasteiger partial charge in [0.05, 0.1) is 10.9 Å². The molecule has 0 aliphatic carbocycles. The molecule has 0 aromatic heterocycles. The van der Waals surface area contributed by atoms with Gasteiger partial charge in [-0.15, -0.1) is 0 Å². The molecule has 3 nitrogen and oxygen atoms in total. The van der Waals surface area contributed by atoms with E-state index in [2.05, 4.69) is 108 Å². The molecule has 0 heterocycles. The largest absolute Gasteiger partial charge is 0.457 e. The summed E-state index contributed by atoms with van der Waals surface area (Å²) in [6.45, 7) is -0.806. The van der Waals surface area contributed by atoms with E-state index in [4.69, 9.17) is 14.9 Å². The van der Waals surface area contributed by atoms with E-state index in [1.54, 1.807) is 24.3 Å². The van der Waals surface area contributed by atoms with Gasteiger partial charge in [0, 0.05) is 17.4 Å². The van der Waals surface area contributed by atoms with Crippen LogP contribution in [-0.4, -0.2) is 35.3 Å². The van der Waals surface area contributed by atoms with Crippen molar-refractivity contribution in [2.45, 2.75) is 40.4 Å². The van der Waals surface area contributed by atoms with E-state index in [0.717, 1.165) is 18.6 Å². The molecule has 0 saturated carbocycles. The summed E-state index contributed by atoms with van der Waals surface area (Å²) in [6.07, 6.45) is 0. The van der Waals surface area contributed by atoms with Crippen LogP contribution in [0.1, 0.15) is 13.8 Å². The predicted molar refractivity (Wildman–Crippen MR) is 206 cm³/mol. The second kappa shape index (κ2) is 22.7. The minimum absolute atomic E-state index is 0.129. The van der Waals surface area contributed by atoms with Gasteiger partial charge in [-0.05, 0) is 95.4 Å². The van der Waals surface area contributed by atoms with Gasteiger partial charge < -0.3 is 14.9 Å². The third kappa shape index (κ3) is 17.7. The monoisotopic (exact) mass is 990 g/mol. The molecule has 6 rings (SSSR count). The molecule has 0 radical (unpaired) electrons. The molecule has 0 saturated heterocycles. The number of hydrogen-bond donors (Lipinski definition) is 2. The first kappa shape index (κ1) is 44.8. The molecule has 12 heteroatoms. The fourth-order valence-corrected chi connectivity index (χ4v) is 8.52. The summed E-state index contributed by atoms with van der Waals surface area (Å²) in [5.74, 6) is -4.54. The first-order valence-corrected chi connectivity index (χ1v) is 20.6. The Morgan fingerprint density at radius 3 is 1.17 bits per heavy atom. The smallest absolute Gasteiger partial charge is 0.166 e. The number of aliphatic hydroxyl groups excluding tert-OH is 2. The molecular weight excluding hydrogens is 952 g/mol. The second-order valence-electron chi connectivity index (χ2n) is 11.4. The van der Waals surface area contributed by atoms with Crippen LogP contribution in [0.2, 0.25) is 0 Å². The van der Waals surface area contributed by atoms with E-state index in [0.29, 0.717) is 13.8 Å².